The average Bonchev–Trinajstić information content (AvgIpc) is 2.37. The van der Waals surface area contributed by atoms with E-state index < -0.39 is 0 Å². The maximum absolute atomic E-state index is 5.60. The lowest BCUT2D eigenvalue weighted by atomic mass is 10.2. The molecule has 6 heteroatoms. The summed E-state index contributed by atoms with van der Waals surface area (Å²) in [4.78, 5) is 11.8. The second kappa shape index (κ2) is 8.11. The molecule has 0 radical (unpaired) electrons. The highest BCUT2D eigenvalue weighted by molar-refractivity contribution is 7.80. The van der Waals surface area contributed by atoms with Crippen molar-refractivity contribution in [3.05, 3.63) is 17.6 Å². The van der Waals surface area contributed by atoms with E-state index in [1.54, 1.807) is 7.11 Å². The molecule has 0 aliphatic heterocycles. The molecular weight excluding hydrogens is 272 g/mol. The van der Waals surface area contributed by atoms with Crippen molar-refractivity contribution >= 4 is 23.0 Å². The predicted molar refractivity (Wildman–Crippen MR) is 86.3 cm³/mol. The Labute approximate surface area is 126 Å². The molecule has 0 aliphatic carbocycles. The average molecular weight is 296 g/mol. The van der Waals surface area contributed by atoms with Gasteiger partial charge in [-0.25, -0.2) is 9.97 Å². The van der Waals surface area contributed by atoms with E-state index in [-0.39, 0.29) is 0 Å². The first-order valence-corrected chi connectivity index (χ1v) is 7.22. The smallest absolute Gasteiger partial charge is 0.133 e. The Morgan fingerprint density at radius 3 is 2.65 bits per heavy atom. The fraction of sp³-hybridized carbons (Fsp3) is 0.643. The standard InChI is InChI=1S/C14H24N4OS/c1-10(2)14-16-11(3)9-13(17-14)18(7-8-19-4)6-5-12(15)20/h9-10H,5-8H2,1-4H3,(H2,15,20). The Morgan fingerprint density at radius 2 is 2.10 bits per heavy atom. The molecule has 2 N–H and O–H groups in total. The zero-order valence-electron chi connectivity index (χ0n) is 12.7. The van der Waals surface area contributed by atoms with Crippen LogP contribution in [0.2, 0.25) is 0 Å². The van der Waals surface area contributed by atoms with Gasteiger partial charge in [0.05, 0.1) is 11.6 Å². The highest BCUT2D eigenvalue weighted by atomic mass is 32.1. The summed E-state index contributed by atoms with van der Waals surface area (Å²) in [5.41, 5.74) is 6.57. The number of thiocarbonyl (C=S) groups is 1. The number of anilines is 1. The molecule has 1 heterocycles. The van der Waals surface area contributed by atoms with Crippen molar-refractivity contribution in [2.45, 2.75) is 33.1 Å². The predicted octanol–water partition coefficient (Wildman–Crippen LogP) is 2.04. The van der Waals surface area contributed by atoms with Crippen molar-refractivity contribution in [3.63, 3.8) is 0 Å². The fourth-order valence-electron chi connectivity index (χ4n) is 1.78. The number of ether oxygens (including phenoxy) is 1. The molecule has 0 aliphatic rings. The van der Waals surface area contributed by atoms with Gasteiger partial charge in [-0.15, -0.1) is 0 Å². The number of nitrogens with two attached hydrogens (primary N) is 1. The van der Waals surface area contributed by atoms with Crippen LogP contribution in [0.1, 0.15) is 37.7 Å². The van der Waals surface area contributed by atoms with Crippen LogP contribution in [0.5, 0.6) is 0 Å². The van der Waals surface area contributed by atoms with Crippen molar-refractivity contribution in [1.29, 1.82) is 0 Å². The summed E-state index contributed by atoms with van der Waals surface area (Å²) in [5, 5.41) is 0. The largest absolute Gasteiger partial charge is 0.393 e. The van der Waals surface area contributed by atoms with Crippen LogP contribution in [0.15, 0.2) is 6.07 Å². The third-order valence-electron chi connectivity index (χ3n) is 2.89. The maximum Gasteiger partial charge on any atom is 0.133 e. The number of aromatic nitrogens is 2. The summed E-state index contributed by atoms with van der Waals surface area (Å²) in [6.45, 7) is 8.30. The molecule has 1 aromatic rings. The number of hydrogen-bond acceptors (Lipinski definition) is 5. The molecule has 112 valence electrons. The normalized spacial score (nSPS) is 10.8. The molecule has 0 aromatic carbocycles. The number of methoxy groups -OCH3 is 1. The van der Waals surface area contributed by atoms with Crippen LogP contribution in [0.3, 0.4) is 0 Å². The molecule has 1 rings (SSSR count). The van der Waals surface area contributed by atoms with Gasteiger partial charge in [-0.3, -0.25) is 0 Å². The van der Waals surface area contributed by atoms with Gasteiger partial charge in [0.25, 0.3) is 0 Å². The third-order valence-corrected chi connectivity index (χ3v) is 3.10. The first kappa shape index (κ1) is 16.8. The minimum absolute atomic E-state index is 0.300. The first-order chi connectivity index (χ1) is 9.43. The maximum atomic E-state index is 5.60. The van der Waals surface area contributed by atoms with E-state index in [0.717, 1.165) is 30.4 Å². The van der Waals surface area contributed by atoms with Crippen LogP contribution in [0.25, 0.3) is 0 Å². The Morgan fingerprint density at radius 1 is 1.40 bits per heavy atom. The highest BCUT2D eigenvalue weighted by Gasteiger charge is 2.12. The monoisotopic (exact) mass is 296 g/mol. The number of aryl methyl sites for hydroxylation is 1. The molecule has 0 saturated heterocycles. The minimum Gasteiger partial charge on any atom is -0.393 e. The first-order valence-electron chi connectivity index (χ1n) is 6.81. The van der Waals surface area contributed by atoms with E-state index in [1.165, 1.54) is 0 Å². The van der Waals surface area contributed by atoms with Gasteiger partial charge in [-0.05, 0) is 6.92 Å². The van der Waals surface area contributed by atoms with E-state index >= 15 is 0 Å². The molecule has 0 fully saturated rings. The van der Waals surface area contributed by atoms with Crippen LogP contribution in [-0.4, -0.2) is 41.8 Å². The molecule has 20 heavy (non-hydrogen) atoms. The summed E-state index contributed by atoms with van der Waals surface area (Å²) in [6, 6.07) is 1.99. The molecule has 0 amide bonds. The highest BCUT2D eigenvalue weighted by Crippen LogP contribution is 2.17. The molecule has 0 saturated carbocycles. The lowest BCUT2D eigenvalue weighted by Crippen LogP contribution is -2.31. The zero-order valence-corrected chi connectivity index (χ0v) is 13.5. The number of rotatable bonds is 8. The van der Waals surface area contributed by atoms with Crippen molar-refractivity contribution in [2.24, 2.45) is 5.73 Å². The molecular formula is C14H24N4OS. The Balaban J connectivity index is 2.95. The molecule has 5 nitrogen and oxygen atoms in total. The SMILES string of the molecule is COCCN(CCC(N)=S)c1cc(C)nc(C(C)C)n1. The van der Waals surface area contributed by atoms with Gasteiger partial charge in [0, 0.05) is 44.3 Å². The second-order valence-electron chi connectivity index (χ2n) is 5.08. The second-order valence-corrected chi connectivity index (χ2v) is 5.60. The van der Waals surface area contributed by atoms with Crippen LogP contribution < -0.4 is 10.6 Å². The van der Waals surface area contributed by atoms with Gasteiger partial charge in [-0.1, -0.05) is 26.1 Å². The Hall–Kier alpha value is -1.27. The van der Waals surface area contributed by atoms with E-state index in [0.29, 0.717) is 23.9 Å². The van der Waals surface area contributed by atoms with Crippen molar-refractivity contribution in [1.82, 2.24) is 9.97 Å². The van der Waals surface area contributed by atoms with Crippen molar-refractivity contribution in [3.8, 4) is 0 Å². The number of hydrogen-bond donors (Lipinski definition) is 1. The van der Waals surface area contributed by atoms with Gasteiger partial charge in [0.2, 0.25) is 0 Å². The summed E-state index contributed by atoms with van der Waals surface area (Å²) in [5.74, 6) is 2.07. The lowest BCUT2D eigenvalue weighted by Gasteiger charge is -2.24. The molecule has 0 spiro atoms. The zero-order chi connectivity index (χ0) is 15.1. The van der Waals surface area contributed by atoms with E-state index in [4.69, 9.17) is 22.7 Å². The molecule has 0 atom stereocenters. The molecule has 0 unspecified atom stereocenters. The van der Waals surface area contributed by atoms with E-state index in [2.05, 4.69) is 28.7 Å². The van der Waals surface area contributed by atoms with Gasteiger partial charge in [0.15, 0.2) is 0 Å². The quantitative estimate of drug-likeness (QED) is 0.741. The van der Waals surface area contributed by atoms with Crippen molar-refractivity contribution < 1.29 is 4.74 Å². The number of nitrogens with zero attached hydrogens (tertiary/aromatic N) is 3. The van der Waals surface area contributed by atoms with Gasteiger partial charge in [-0.2, -0.15) is 0 Å². The van der Waals surface area contributed by atoms with E-state index in [1.807, 2.05) is 13.0 Å². The Bertz CT molecular complexity index is 451. The summed E-state index contributed by atoms with van der Waals surface area (Å²) < 4.78 is 5.16. The Kier molecular flexibility index (Phi) is 6.81. The molecule has 0 bridgehead atoms. The van der Waals surface area contributed by atoms with Crippen molar-refractivity contribution in [2.75, 3.05) is 31.7 Å². The van der Waals surface area contributed by atoms with Gasteiger partial charge >= 0.3 is 0 Å². The van der Waals surface area contributed by atoms with Crippen LogP contribution >= 0.6 is 12.2 Å². The lowest BCUT2D eigenvalue weighted by molar-refractivity contribution is 0.205. The summed E-state index contributed by atoms with van der Waals surface area (Å²) in [7, 11) is 1.69. The van der Waals surface area contributed by atoms with Crippen LogP contribution in [-0.2, 0) is 4.74 Å². The van der Waals surface area contributed by atoms with E-state index in [9.17, 15) is 0 Å². The summed E-state index contributed by atoms with van der Waals surface area (Å²) in [6.07, 6.45) is 0.666. The van der Waals surface area contributed by atoms with Gasteiger partial charge in [0.1, 0.15) is 11.6 Å². The molecule has 1 aromatic heterocycles. The van der Waals surface area contributed by atoms with Crippen LogP contribution in [0.4, 0.5) is 5.82 Å². The third kappa shape index (κ3) is 5.38. The van der Waals surface area contributed by atoms with Crippen LogP contribution in [0, 0.1) is 6.92 Å². The van der Waals surface area contributed by atoms with Gasteiger partial charge < -0.3 is 15.4 Å². The fourth-order valence-corrected chi connectivity index (χ4v) is 1.87. The summed E-state index contributed by atoms with van der Waals surface area (Å²) >= 11 is 4.96. The topological polar surface area (TPSA) is 64.3 Å². The minimum atomic E-state index is 0.300.